The van der Waals surface area contributed by atoms with Crippen LogP contribution in [-0.2, 0) is 22.4 Å². The maximum Gasteiger partial charge on any atom is 0.243 e. The highest BCUT2D eigenvalue weighted by atomic mass is 16.2. The topological polar surface area (TPSA) is 127 Å². The van der Waals surface area contributed by atoms with Gasteiger partial charge in [0.15, 0.2) is 0 Å². The number of nitrogens with two attached hydrogens (primary N) is 2. The number of amides is 2. The number of carbonyl (C=O) groups excluding carboxylic acids is 2. The van der Waals surface area contributed by atoms with E-state index in [0.29, 0.717) is 19.4 Å². The fourth-order valence-electron chi connectivity index (χ4n) is 5.51. The predicted octanol–water partition coefficient (Wildman–Crippen LogP) is 2.18. The van der Waals surface area contributed by atoms with E-state index in [1.807, 2.05) is 60.7 Å². The molecule has 1 saturated heterocycles. The summed E-state index contributed by atoms with van der Waals surface area (Å²) in [7, 11) is 0. The summed E-state index contributed by atoms with van der Waals surface area (Å²) in [4.78, 5) is 37.1. The number of anilines is 1. The van der Waals surface area contributed by atoms with Crippen LogP contribution in [0.5, 0.6) is 0 Å². The molecule has 3 aromatic rings. The molecule has 2 heterocycles. The summed E-state index contributed by atoms with van der Waals surface area (Å²) in [6.45, 7) is 0.529. The normalized spacial score (nSPS) is 20.1. The third kappa shape index (κ3) is 4.95. The van der Waals surface area contributed by atoms with Gasteiger partial charge in [-0.2, -0.15) is 0 Å². The summed E-state index contributed by atoms with van der Waals surface area (Å²) in [6, 6.07) is 18.4. The fourth-order valence-corrected chi connectivity index (χ4v) is 5.51. The van der Waals surface area contributed by atoms with Gasteiger partial charge in [0.2, 0.25) is 17.8 Å². The molecule has 1 fully saturated rings. The van der Waals surface area contributed by atoms with Crippen molar-refractivity contribution in [2.45, 2.75) is 56.1 Å². The standard InChI is InChI=1S/C28H32N6O2/c29-25(24(18-8-3-1-4-9-18)19-10-5-2-6-11-19)27(36)34-15-7-12-23(34)26(35)32-21-13-14-22-20(16-21)17-31-28(30)33-22/h1-6,8-11,17,21,23-25H,7,12-16,29H2,(H,32,35)(H2,30,31,33)/t21?,23-,25-/m0/s1. The summed E-state index contributed by atoms with van der Waals surface area (Å²) in [6.07, 6.45) is 5.33. The number of rotatable bonds is 6. The Kier molecular flexibility index (Phi) is 6.95. The first-order valence-electron chi connectivity index (χ1n) is 12.6. The molecular weight excluding hydrogens is 452 g/mol. The van der Waals surface area contributed by atoms with E-state index in [0.717, 1.165) is 41.6 Å². The second-order valence-corrected chi connectivity index (χ2v) is 9.66. The number of likely N-dealkylation sites (tertiary alicyclic amines) is 1. The van der Waals surface area contributed by atoms with Crippen LogP contribution in [0.25, 0.3) is 0 Å². The summed E-state index contributed by atoms with van der Waals surface area (Å²) in [5.41, 5.74) is 16.3. The van der Waals surface area contributed by atoms with E-state index in [1.54, 1.807) is 11.1 Å². The molecule has 2 aliphatic rings. The molecule has 1 aromatic heterocycles. The van der Waals surface area contributed by atoms with Gasteiger partial charge in [-0.1, -0.05) is 60.7 Å². The van der Waals surface area contributed by atoms with Gasteiger partial charge in [-0.25, -0.2) is 9.97 Å². The van der Waals surface area contributed by atoms with Crippen LogP contribution in [0.4, 0.5) is 5.95 Å². The van der Waals surface area contributed by atoms with Crippen molar-refractivity contribution < 1.29 is 9.59 Å². The van der Waals surface area contributed by atoms with Gasteiger partial charge < -0.3 is 21.7 Å². The third-order valence-corrected chi connectivity index (χ3v) is 7.32. The summed E-state index contributed by atoms with van der Waals surface area (Å²) in [5, 5.41) is 3.17. The van der Waals surface area contributed by atoms with Crippen molar-refractivity contribution in [1.29, 1.82) is 0 Å². The zero-order valence-electron chi connectivity index (χ0n) is 20.2. The minimum absolute atomic E-state index is 0.0233. The van der Waals surface area contributed by atoms with E-state index in [-0.39, 0.29) is 29.7 Å². The van der Waals surface area contributed by atoms with E-state index in [2.05, 4.69) is 15.3 Å². The largest absolute Gasteiger partial charge is 0.368 e. The SMILES string of the molecule is Nc1ncc2c(n1)CCC(NC(=O)[C@@H]1CCCN1C(=O)[C@@H](N)C(c1ccccc1)c1ccccc1)C2. The number of hydrogen-bond donors (Lipinski definition) is 3. The van der Waals surface area contributed by atoms with Crippen LogP contribution < -0.4 is 16.8 Å². The van der Waals surface area contributed by atoms with Gasteiger partial charge >= 0.3 is 0 Å². The fraction of sp³-hybridized carbons (Fsp3) is 0.357. The molecule has 0 spiro atoms. The van der Waals surface area contributed by atoms with Crippen LogP contribution in [0, 0.1) is 0 Å². The van der Waals surface area contributed by atoms with Crippen LogP contribution in [0.1, 0.15) is 47.6 Å². The van der Waals surface area contributed by atoms with E-state index < -0.39 is 12.1 Å². The highest BCUT2D eigenvalue weighted by molar-refractivity contribution is 5.91. The van der Waals surface area contributed by atoms with Crippen molar-refractivity contribution in [2.24, 2.45) is 5.73 Å². The number of nitrogens with zero attached hydrogens (tertiary/aromatic N) is 3. The Balaban J connectivity index is 1.30. The third-order valence-electron chi connectivity index (χ3n) is 7.32. The van der Waals surface area contributed by atoms with Gasteiger partial charge in [-0.05, 0) is 48.8 Å². The maximum atomic E-state index is 13.7. The van der Waals surface area contributed by atoms with E-state index in [9.17, 15) is 9.59 Å². The van der Waals surface area contributed by atoms with Crippen LogP contribution in [-0.4, -0.2) is 51.4 Å². The highest BCUT2D eigenvalue weighted by Crippen LogP contribution is 2.30. The molecule has 186 valence electrons. The van der Waals surface area contributed by atoms with Crippen molar-refractivity contribution in [3.05, 3.63) is 89.2 Å². The van der Waals surface area contributed by atoms with Crippen LogP contribution in [0.3, 0.4) is 0 Å². The zero-order valence-corrected chi connectivity index (χ0v) is 20.2. The molecular formula is C28H32N6O2. The van der Waals surface area contributed by atoms with Crippen molar-refractivity contribution in [1.82, 2.24) is 20.2 Å². The molecule has 0 bridgehead atoms. The molecule has 8 heteroatoms. The van der Waals surface area contributed by atoms with Gasteiger partial charge in [0.25, 0.3) is 0 Å². The monoisotopic (exact) mass is 484 g/mol. The first kappa shape index (κ1) is 23.9. The van der Waals surface area contributed by atoms with Gasteiger partial charge in [-0.3, -0.25) is 9.59 Å². The Hall–Kier alpha value is -3.78. The van der Waals surface area contributed by atoms with E-state index in [1.165, 1.54) is 0 Å². The lowest BCUT2D eigenvalue weighted by atomic mass is 9.84. The molecule has 3 atom stereocenters. The average Bonchev–Trinajstić information content (AvgIpc) is 3.40. The van der Waals surface area contributed by atoms with Crippen LogP contribution in [0.15, 0.2) is 66.9 Å². The molecule has 36 heavy (non-hydrogen) atoms. The lowest BCUT2D eigenvalue weighted by Crippen LogP contribution is -2.54. The number of nitrogen functional groups attached to an aromatic ring is 1. The predicted molar refractivity (Wildman–Crippen MR) is 138 cm³/mol. The lowest BCUT2D eigenvalue weighted by molar-refractivity contribution is -0.140. The molecule has 5 rings (SSSR count). The van der Waals surface area contributed by atoms with Gasteiger partial charge in [0.1, 0.15) is 6.04 Å². The van der Waals surface area contributed by atoms with E-state index in [4.69, 9.17) is 11.5 Å². The Morgan fingerprint density at radius 1 is 1.00 bits per heavy atom. The first-order valence-corrected chi connectivity index (χ1v) is 12.6. The maximum absolute atomic E-state index is 13.7. The Morgan fingerprint density at radius 3 is 2.33 bits per heavy atom. The molecule has 1 aliphatic heterocycles. The quantitative estimate of drug-likeness (QED) is 0.492. The Labute approximate surface area is 211 Å². The first-order chi connectivity index (χ1) is 17.5. The second-order valence-electron chi connectivity index (χ2n) is 9.66. The number of aryl methyl sites for hydroxylation is 1. The molecule has 5 N–H and O–H groups in total. The molecule has 1 unspecified atom stereocenters. The lowest BCUT2D eigenvalue weighted by Gasteiger charge is -2.32. The van der Waals surface area contributed by atoms with Crippen molar-refractivity contribution in [3.63, 3.8) is 0 Å². The Morgan fingerprint density at radius 2 is 1.67 bits per heavy atom. The second kappa shape index (κ2) is 10.5. The summed E-state index contributed by atoms with van der Waals surface area (Å²) in [5.74, 6) is -0.333. The molecule has 8 nitrogen and oxygen atoms in total. The van der Waals surface area contributed by atoms with Crippen LogP contribution in [0.2, 0.25) is 0 Å². The van der Waals surface area contributed by atoms with Gasteiger partial charge in [0, 0.05) is 30.4 Å². The van der Waals surface area contributed by atoms with E-state index >= 15 is 0 Å². The smallest absolute Gasteiger partial charge is 0.243 e. The minimum Gasteiger partial charge on any atom is -0.368 e. The summed E-state index contributed by atoms with van der Waals surface area (Å²) < 4.78 is 0. The molecule has 1 aliphatic carbocycles. The number of hydrogen-bond acceptors (Lipinski definition) is 6. The molecule has 2 amide bonds. The highest BCUT2D eigenvalue weighted by Gasteiger charge is 2.39. The van der Waals surface area contributed by atoms with Crippen molar-refractivity contribution in [3.8, 4) is 0 Å². The number of carbonyl (C=O) groups is 2. The number of fused-ring (bicyclic) bond motifs is 1. The number of benzene rings is 2. The average molecular weight is 485 g/mol. The van der Waals surface area contributed by atoms with Crippen LogP contribution >= 0.6 is 0 Å². The van der Waals surface area contributed by atoms with Gasteiger partial charge in [-0.15, -0.1) is 0 Å². The Bertz CT molecular complexity index is 1180. The molecule has 2 aromatic carbocycles. The molecule has 0 radical (unpaired) electrons. The zero-order chi connectivity index (χ0) is 25.1. The molecule has 0 saturated carbocycles. The number of aromatic nitrogens is 2. The summed E-state index contributed by atoms with van der Waals surface area (Å²) >= 11 is 0. The van der Waals surface area contributed by atoms with Crippen molar-refractivity contribution in [2.75, 3.05) is 12.3 Å². The minimum atomic E-state index is -0.799. The van der Waals surface area contributed by atoms with Gasteiger partial charge in [0.05, 0.1) is 6.04 Å². The number of nitrogens with one attached hydrogen (secondary N) is 1. The van der Waals surface area contributed by atoms with Crippen molar-refractivity contribution >= 4 is 17.8 Å².